The summed E-state index contributed by atoms with van der Waals surface area (Å²) >= 11 is 5.81. The molecule has 1 aromatic heterocycles. The first-order valence-electron chi connectivity index (χ1n) is 5.66. The minimum absolute atomic E-state index is 0.0420. The van der Waals surface area contributed by atoms with E-state index in [2.05, 4.69) is 10.3 Å². The predicted molar refractivity (Wildman–Crippen MR) is 75.0 cm³/mol. The maximum absolute atomic E-state index is 12.1. The van der Waals surface area contributed by atoms with Crippen LogP contribution in [0.5, 0.6) is 0 Å². The Morgan fingerprint density at radius 1 is 1.40 bits per heavy atom. The van der Waals surface area contributed by atoms with Crippen molar-refractivity contribution in [3.05, 3.63) is 62.9 Å². The number of amides is 1. The molecule has 0 fully saturated rings. The van der Waals surface area contributed by atoms with Gasteiger partial charge >= 0.3 is 0 Å². The van der Waals surface area contributed by atoms with Gasteiger partial charge in [0.15, 0.2) is 0 Å². The summed E-state index contributed by atoms with van der Waals surface area (Å²) in [5.41, 5.74) is 0.900. The van der Waals surface area contributed by atoms with Crippen molar-refractivity contribution in [1.82, 2.24) is 4.98 Å². The lowest BCUT2D eigenvalue weighted by Crippen LogP contribution is -2.14. The Morgan fingerprint density at radius 2 is 2.15 bits per heavy atom. The first-order chi connectivity index (χ1) is 9.49. The molecule has 1 aromatic carbocycles. The van der Waals surface area contributed by atoms with Gasteiger partial charge in [-0.05, 0) is 30.7 Å². The highest BCUT2D eigenvalue weighted by atomic mass is 35.5. The number of pyridine rings is 1. The van der Waals surface area contributed by atoms with E-state index in [-0.39, 0.29) is 22.1 Å². The Bertz CT molecular complexity index is 688. The first kappa shape index (κ1) is 14.0. The highest BCUT2D eigenvalue weighted by Gasteiger charge is 2.18. The number of carbonyl (C=O) groups excluding carboxylic acids is 1. The van der Waals surface area contributed by atoms with Crippen LogP contribution in [0, 0.1) is 17.0 Å². The number of aromatic nitrogens is 1. The molecule has 0 radical (unpaired) electrons. The maximum atomic E-state index is 12.1. The molecular weight excluding hydrogens is 282 g/mol. The van der Waals surface area contributed by atoms with E-state index in [4.69, 9.17) is 11.6 Å². The molecule has 7 heteroatoms. The Hall–Kier alpha value is -2.47. The molecule has 0 atom stereocenters. The molecular formula is C13H10ClN3O3. The molecule has 20 heavy (non-hydrogen) atoms. The van der Waals surface area contributed by atoms with Gasteiger partial charge in [0.05, 0.1) is 10.5 Å². The van der Waals surface area contributed by atoms with E-state index in [0.29, 0.717) is 0 Å². The average molecular weight is 292 g/mol. The molecule has 6 nitrogen and oxygen atoms in total. The Morgan fingerprint density at radius 3 is 2.80 bits per heavy atom. The minimum Gasteiger partial charge on any atom is -0.316 e. The highest BCUT2D eigenvalue weighted by molar-refractivity contribution is 6.33. The van der Waals surface area contributed by atoms with Gasteiger partial charge in [-0.3, -0.25) is 14.9 Å². The predicted octanol–water partition coefficient (Wildman–Crippen LogP) is 3.20. The SMILES string of the molecule is Cc1ccc([N+](=O)[O-])c(NC(=O)c2cccnc2Cl)c1. The zero-order chi connectivity index (χ0) is 14.7. The number of nitro groups is 1. The lowest BCUT2D eigenvalue weighted by molar-refractivity contribution is -0.383. The third kappa shape index (κ3) is 2.92. The second-order valence-corrected chi connectivity index (χ2v) is 4.43. The van der Waals surface area contributed by atoms with E-state index in [1.54, 1.807) is 19.1 Å². The number of halogens is 1. The molecule has 0 saturated heterocycles. The fourth-order valence-electron chi connectivity index (χ4n) is 1.65. The monoisotopic (exact) mass is 291 g/mol. The van der Waals surface area contributed by atoms with Crippen molar-refractivity contribution in [2.24, 2.45) is 0 Å². The summed E-state index contributed by atoms with van der Waals surface area (Å²) in [7, 11) is 0. The van der Waals surface area contributed by atoms with Crippen LogP contribution in [0.2, 0.25) is 5.15 Å². The van der Waals surface area contributed by atoms with Gasteiger partial charge in [0.25, 0.3) is 11.6 Å². The zero-order valence-electron chi connectivity index (χ0n) is 10.5. The van der Waals surface area contributed by atoms with E-state index in [0.717, 1.165) is 5.56 Å². The summed E-state index contributed by atoms with van der Waals surface area (Å²) in [6.45, 7) is 1.77. The number of benzene rings is 1. The van der Waals surface area contributed by atoms with Crippen LogP contribution in [0.4, 0.5) is 11.4 Å². The van der Waals surface area contributed by atoms with Gasteiger partial charge in [-0.25, -0.2) is 4.98 Å². The molecule has 0 unspecified atom stereocenters. The molecule has 0 aliphatic rings. The summed E-state index contributed by atoms with van der Waals surface area (Å²) < 4.78 is 0. The Labute approximate surface area is 119 Å². The Kier molecular flexibility index (Phi) is 3.95. The van der Waals surface area contributed by atoms with Crippen LogP contribution in [0.15, 0.2) is 36.5 Å². The second kappa shape index (κ2) is 5.66. The molecule has 1 amide bonds. The smallest absolute Gasteiger partial charge is 0.292 e. The molecule has 102 valence electrons. The molecule has 2 aromatic rings. The van der Waals surface area contributed by atoms with E-state index in [1.807, 2.05) is 0 Å². The van der Waals surface area contributed by atoms with Crippen LogP contribution in [-0.2, 0) is 0 Å². The van der Waals surface area contributed by atoms with Crippen LogP contribution in [0.25, 0.3) is 0 Å². The summed E-state index contributed by atoms with van der Waals surface area (Å²) in [4.78, 5) is 26.2. The normalized spacial score (nSPS) is 10.1. The molecule has 0 aliphatic carbocycles. The van der Waals surface area contributed by atoms with E-state index in [9.17, 15) is 14.9 Å². The first-order valence-corrected chi connectivity index (χ1v) is 6.04. The minimum atomic E-state index is -0.556. The number of nitrogens with zero attached hydrogens (tertiary/aromatic N) is 2. The van der Waals surface area contributed by atoms with Gasteiger partial charge in [0.1, 0.15) is 10.8 Å². The number of nitrogens with one attached hydrogen (secondary N) is 1. The molecule has 0 bridgehead atoms. The van der Waals surface area contributed by atoms with Crippen molar-refractivity contribution in [2.45, 2.75) is 6.92 Å². The number of aryl methyl sites for hydroxylation is 1. The number of rotatable bonds is 3. The quantitative estimate of drug-likeness (QED) is 0.534. The van der Waals surface area contributed by atoms with Crippen molar-refractivity contribution in [3.63, 3.8) is 0 Å². The summed E-state index contributed by atoms with van der Waals surface area (Å²) in [5.74, 6) is -0.545. The molecule has 0 aliphatic heterocycles. The van der Waals surface area contributed by atoms with Gasteiger partial charge in [0.2, 0.25) is 0 Å². The van der Waals surface area contributed by atoms with E-state index in [1.165, 1.54) is 24.4 Å². The lowest BCUT2D eigenvalue weighted by Gasteiger charge is -2.07. The van der Waals surface area contributed by atoms with Gasteiger partial charge in [-0.1, -0.05) is 17.7 Å². The van der Waals surface area contributed by atoms with Crippen molar-refractivity contribution in [3.8, 4) is 0 Å². The van der Waals surface area contributed by atoms with Crippen LogP contribution in [0.3, 0.4) is 0 Å². The van der Waals surface area contributed by atoms with Crippen molar-refractivity contribution >= 4 is 28.9 Å². The van der Waals surface area contributed by atoms with Gasteiger partial charge < -0.3 is 5.32 Å². The third-order valence-electron chi connectivity index (χ3n) is 2.60. The number of anilines is 1. The van der Waals surface area contributed by atoms with Gasteiger partial charge in [0, 0.05) is 12.3 Å². The zero-order valence-corrected chi connectivity index (χ0v) is 11.2. The van der Waals surface area contributed by atoms with Gasteiger partial charge in [-0.15, -0.1) is 0 Å². The van der Waals surface area contributed by atoms with Crippen molar-refractivity contribution in [1.29, 1.82) is 0 Å². The fraction of sp³-hybridized carbons (Fsp3) is 0.0769. The standard InChI is InChI=1S/C13H10ClN3O3/c1-8-4-5-11(17(19)20)10(7-8)16-13(18)9-3-2-6-15-12(9)14/h2-7H,1H3,(H,16,18). The van der Waals surface area contributed by atoms with Gasteiger partial charge in [-0.2, -0.15) is 0 Å². The topological polar surface area (TPSA) is 85.1 Å². The largest absolute Gasteiger partial charge is 0.316 e. The van der Waals surface area contributed by atoms with E-state index < -0.39 is 10.8 Å². The average Bonchev–Trinajstić information content (AvgIpc) is 2.38. The van der Waals surface area contributed by atoms with Crippen molar-refractivity contribution < 1.29 is 9.72 Å². The number of carbonyl (C=O) groups is 1. The maximum Gasteiger partial charge on any atom is 0.292 e. The lowest BCUT2D eigenvalue weighted by atomic mass is 10.2. The van der Waals surface area contributed by atoms with Crippen LogP contribution in [0.1, 0.15) is 15.9 Å². The molecule has 1 heterocycles. The molecule has 1 N–H and O–H groups in total. The summed E-state index contributed by atoms with van der Waals surface area (Å²) in [5, 5.41) is 13.5. The molecule has 2 rings (SSSR count). The fourth-order valence-corrected chi connectivity index (χ4v) is 1.86. The third-order valence-corrected chi connectivity index (χ3v) is 2.90. The second-order valence-electron chi connectivity index (χ2n) is 4.07. The number of nitro benzene ring substituents is 1. The number of hydrogen-bond donors (Lipinski definition) is 1. The summed E-state index contributed by atoms with van der Waals surface area (Å²) in [6, 6.07) is 7.53. The Balaban J connectivity index is 2.35. The van der Waals surface area contributed by atoms with Crippen molar-refractivity contribution in [2.75, 3.05) is 5.32 Å². The van der Waals surface area contributed by atoms with E-state index >= 15 is 0 Å². The molecule has 0 spiro atoms. The molecule has 0 saturated carbocycles. The number of hydrogen-bond acceptors (Lipinski definition) is 4. The van der Waals surface area contributed by atoms with Crippen LogP contribution >= 0.6 is 11.6 Å². The van der Waals surface area contributed by atoms with Crippen LogP contribution < -0.4 is 5.32 Å². The summed E-state index contributed by atoms with van der Waals surface area (Å²) in [6.07, 6.45) is 1.45. The highest BCUT2D eigenvalue weighted by Crippen LogP contribution is 2.26. The van der Waals surface area contributed by atoms with Crippen LogP contribution in [-0.4, -0.2) is 15.8 Å².